The number of nitrogens with two attached hydrogens (primary N) is 1. The Kier molecular flexibility index (Phi) is 5.37. The summed E-state index contributed by atoms with van der Waals surface area (Å²) in [7, 11) is 0. The summed E-state index contributed by atoms with van der Waals surface area (Å²) in [5, 5.41) is 10.1. The fourth-order valence-corrected chi connectivity index (χ4v) is 5.64. The van der Waals surface area contributed by atoms with E-state index in [4.69, 9.17) is 10.5 Å². The molecule has 2 atom stereocenters. The van der Waals surface area contributed by atoms with E-state index in [2.05, 4.69) is 14.9 Å². The first-order chi connectivity index (χ1) is 15.9. The van der Waals surface area contributed by atoms with Gasteiger partial charge in [0, 0.05) is 42.6 Å². The minimum Gasteiger partial charge on any atom is -0.383 e. The molecule has 2 unspecified atom stereocenters. The predicted octanol–water partition coefficient (Wildman–Crippen LogP) is 3.35. The van der Waals surface area contributed by atoms with Crippen molar-refractivity contribution in [2.45, 2.75) is 49.3 Å². The van der Waals surface area contributed by atoms with Gasteiger partial charge in [-0.2, -0.15) is 26.3 Å². The average Bonchev–Trinajstić information content (AvgIpc) is 3.44. The number of nitrogen functional groups attached to an aromatic ring is 1. The van der Waals surface area contributed by atoms with Crippen molar-refractivity contribution in [3.8, 4) is 11.3 Å². The summed E-state index contributed by atoms with van der Waals surface area (Å²) in [5.41, 5.74) is 3.19. The van der Waals surface area contributed by atoms with E-state index < -0.39 is 41.2 Å². The van der Waals surface area contributed by atoms with Gasteiger partial charge in [0.15, 0.2) is 0 Å². The Hall–Kier alpha value is -2.38. The number of imidazole rings is 1. The number of anilines is 1. The number of alkyl halides is 6. The lowest BCUT2D eigenvalue weighted by Gasteiger charge is -2.41. The number of aliphatic hydroxyl groups is 1. The number of aliphatic hydroxyl groups excluding tert-OH is 1. The molecule has 1 aliphatic heterocycles. The summed E-state index contributed by atoms with van der Waals surface area (Å²) in [6.45, 7) is 2.66. The van der Waals surface area contributed by atoms with Crippen molar-refractivity contribution in [1.29, 1.82) is 0 Å². The monoisotopic (exact) mass is 491 g/mol. The van der Waals surface area contributed by atoms with Gasteiger partial charge in [-0.25, -0.2) is 9.97 Å². The Balaban J connectivity index is 1.53. The van der Waals surface area contributed by atoms with E-state index in [0.29, 0.717) is 38.5 Å². The third-order valence-corrected chi connectivity index (χ3v) is 7.25. The van der Waals surface area contributed by atoms with Crippen LogP contribution in [0.5, 0.6) is 0 Å². The zero-order valence-electron chi connectivity index (χ0n) is 17.9. The first-order valence-electron chi connectivity index (χ1n) is 10.9. The van der Waals surface area contributed by atoms with E-state index in [0.717, 1.165) is 19.3 Å². The molecule has 3 heterocycles. The maximum atomic E-state index is 13.5. The lowest BCUT2D eigenvalue weighted by Crippen LogP contribution is -2.45. The summed E-state index contributed by atoms with van der Waals surface area (Å²) >= 11 is 0. The zero-order valence-corrected chi connectivity index (χ0v) is 17.9. The maximum absolute atomic E-state index is 13.5. The van der Waals surface area contributed by atoms with Crippen LogP contribution in [-0.4, -0.2) is 63.1 Å². The topological polar surface area (TPSA) is 89.4 Å². The van der Waals surface area contributed by atoms with Crippen molar-refractivity contribution in [1.82, 2.24) is 19.4 Å². The molecule has 0 radical (unpaired) electrons. The Morgan fingerprint density at radius 3 is 2.41 bits per heavy atom. The Morgan fingerprint density at radius 1 is 1.12 bits per heavy atom. The van der Waals surface area contributed by atoms with Crippen LogP contribution in [0.15, 0.2) is 18.5 Å². The van der Waals surface area contributed by atoms with E-state index in [9.17, 15) is 31.4 Å². The number of aromatic nitrogens is 3. The molecule has 3 aliphatic carbocycles. The van der Waals surface area contributed by atoms with E-state index in [1.165, 1.54) is 10.8 Å². The van der Waals surface area contributed by atoms with E-state index >= 15 is 0 Å². The van der Waals surface area contributed by atoms with Crippen LogP contribution in [0.3, 0.4) is 0 Å². The number of ether oxygens (including phenoxy) is 1. The maximum Gasteiger partial charge on any atom is 0.421 e. The minimum atomic E-state index is -4.99. The van der Waals surface area contributed by atoms with Crippen molar-refractivity contribution in [2.75, 3.05) is 32.0 Å². The lowest BCUT2D eigenvalue weighted by molar-refractivity contribution is -0.210. The predicted molar refractivity (Wildman–Crippen MR) is 107 cm³/mol. The van der Waals surface area contributed by atoms with Crippen LogP contribution < -0.4 is 5.73 Å². The highest BCUT2D eigenvalue weighted by atomic mass is 19.4. The molecule has 2 aromatic rings. The summed E-state index contributed by atoms with van der Waals surface area (Å²) in [4.78, 5) is 9.80. The summed E-state index contributed by atoms with van der Waals surface area (Å²) in [6.07, 6.45) is -8.53. The minimum absolute atomic E-state index is 0.133. The number of morpholine rings is 1. The second kappa shape index (κ2) is 7.82. The molecule has 1 saturated heterocycles. The Morgan fingerprint density at radius 2 is 1.79 bits per heavy atom. The standard InChI is InChI=1S/C21H23F6N5O2/c22-20(23,24)13-5-11(9-29-17(13)28)14-10-32(18(30-14)16(33)21(25,26)27)19-6-12(7-19)15(8-19)31-1-3-34-4-2-31/h5,9-10,12,15-16,33H,1-4,6-8H2,(H2,28,29). The van der Waals surface area contributed by atoms with E-state index in [1.54, 1.807) is 0 Å². The Labute approximate surface area is 190 Å². The molecule has 6 rings (SSSR count). The highest BCUT2D eigenvalue weighted by molar-refractivity contribution is 5.62. The van der Waals surface area contributed by atoms with Crippen molar-refractivity contribution in [2.24, 2.45) is 5.92 Å². The van der Waals surface area contributed by atoms with Gasteiger partial charge in [-0.05, 0) is 31.2 Å². The second-order valence-corrected chi connectivity index (χ2v) is 9.27. The molecule has 3 N–H and O–H groups in total. The number of fused-ring (bicyclic) bond motifs is 1. The summed E-state index contributed by atoms with van der Waals surface area (Å²) in [5.74, 6) is -1.08. The largest absolute Gasteiger partial charge is 0.421 e. The van der Waals surface area contributed by atoms with Gasteiger partial charge in [0.25, 0.3) is 0 Å². The average molecular weight is 491 g/mol. The van der Waals surface area contributed by atoms with Gasteiger partial charge in [0.2, 0.25) is 6.10 Å². The molecule has 13 heteroatoms. The molecule has 7 nitrogen and oxygen atoms in total. The number of nitrogens with zero attached hydrogens (tertiary/aromatic N) is 4. The molecule has 3 saturated carbocycles. The molecule has 4 aliphatic rings. The van der Waals surface area contributed by atoms with Crippen LogP contribution in [0.4, 0.5) is 32.2 Å². The van der Waals surface area contributed by atoms with Crippen molar-refractivity contribution < 1.29 is 36.2 Å². The SMILES string of the molecule is Nc1ncc(-c2cn(C34CC(C3)C(N3CCOCC3)C4)c(C(O)C(F)(F)F)n2)cc1C(F)(F)F. The molecule has 0 spiro atoms. The lowest BCUT2D eigenvalue weighted by atomic mass is 9.76. The molecule has 0 amide bonds. The van der Waals surface area contributed by atoms with Crippen LogP contribution in [-0.2, 0) is 16.5 Å². The number of pyridine rings is 1. The first-order valence-corrected chi connectivity index (χ1v) is 10.9. The first kappa shape index (κ1) is 23.4. The summed E-state index contributed by atoms with van der Waals surface area (Å²) in [6, 6.07) is 0.881. The van der Waals surface area contributed by atoms with Crippen LogP contribution in [0, 0.1) is 5.92 Å². The highest BCUT2D eigenvalue weighted by Gasteiger charge is 2.60. The highest BCUT2D eigenvalue weighted by Crippen LogP contribution is 2.59. The van der Waals surface area contributed by atoms with Crippen LogP contribution in [0.2, 0.25) is 0 Å². The van der Waals surface area contributed by atoms with Gasteiger partial charge in [0.1, 0.15) is 11.6 Å². The molecule has 4 fully saturated rings. The van der Waals surface area contributed by atoms with Gasteiger partial charge in [-0.3, -0.25) is 4.90 Å². The van der Waals surface area contributed by atoms with Crippen LogP contribution >= 0.6 is 0 Å². The Bertz CT molecular complexity index is 1070. The number of hydrogen-bond acceptors (Lipinski definition) is 6. The van der Waals surface area contributed by atoms with Crippen LogP contribution in [0.1, 0.15) is 36.8 Å². The second-order valence-electron chi connectivity index (χ2n) is 9.27. The van der Waals surface area contributed by atoms with E-state index in [-0.39, 0.29) is 23.2 Å². The quantitative estimate of drug-likeness (QED) is 0.638. The number of rotatable bonds is 4. The molecule has 2 bridgehead atoms. The van der Waals surface area contributed by atoms with Crippen LogP contribution in [0.25, 0.3) is 11.3 Å². The fourth-order valence-electron chi connectivity index (χ4n) is 5.64. The molecule has 2 aromatic heterocycles. The molecule has 0 aromatic carbocycles. The van der Waals surface area contributed by atoms with Crippen molar-refractivity contribution in [3.63, 3.8) is 0 Å². The smallest absolute Gasteiger partial charge is 0.383 e. The van der Waals surface area contributed by atoms with Crippen molar-refractivity contribution in [3.05, 3.63) is 29.8 Å². The fraction of sp³-hybridized carbons (Fsp3) is 0.619. The van der Waals surface area contributed by atoms with Gasteiger partial charge < -0.3 is 20.1 Å². The van der Waals surface area contributed by atoms with Gasteiger partial charge in [-0.1, -0.05) is 0 Å². The molecular formula is C21H23F6N5O2. The van der Waals surface area contributed by atoms with E-state index in [1.807, 2.05) is 0 Å². The molecular weight excluding hydrogens is 468 g/mol. The normalized spacial score (nSPS) is 28.7. The molecule has 186 valence electrons. The van der Waals surface area contributed by atoms with Gasteiger partial charge in [-0.15, -0.1) is 0 Å². The van der Waals surface area contributed by atoms with Gasteiger partial charge in [0.05, 0.1) is 24.5 Å². The molecule has 34 heavy (non-hydrogen) atoms. The summed E-state index contributed by atoms with van der Waals surface area (Å²) < 4.78 is 87.1. The number of halogens is 6. The van der Waals surface area contributed by atoms with Crippen molar-refractivity contribution >= 4 is 5.82 Å². The zero-order chi connectivity index (χ0) is 24.5. The third kappa shape index (κ3) is 3.83. The third-order valence-electron chi connectivity index (χ3n) is 7.25. The number of hydrogen-bond donors (Lipinski definition) is 2. The van der Waals surface area contributed by atoms with Gasteiger partial charge >= 0.3 is 12.4 Å².